The first-order valence-electron chi connectivity index (χ1n) is 8.08. The molecule has 0 saturated carbocycles. The SMILES string of the molecule is C=C1CC(c2ccc(CCCN)cc2)=CC(=O)/C1=C/CCC. The van der Waals surface area contributed by atoms with E-state index in [1.807, 2.05) is 6.08 Å². The molecule has 2 heteroatoms. The predicted octanol–water partition coefficient (Wildman–Crippen LogP) is 4.22. The number of aryl methyl sites for hydroxylation is 1. The molecule has 1 aromatic rings. The molecule has 0 saturated heterocycles. The van der Waals surface area contributed by atoms with E-state index < -0.39 is 0 Å². The summed E-state index contributed by atoms with van der Waals surface area (Å²) in [6.07, 6.45) is 8.53. The number of hydrogen-bond donors (Lipinski definition) is 1. The molecule has 2 rings (SSSR count). The van der Waals surface area contributed by atoms with E-state index in [2.05, 4.69) is 37.8 Å². The van der Waals surface area contributed by atoms with Gasteiger partial charge in [-0.15, -0.1) is 0 Å². The average molecular weight is 295 g/mol. The summed E-state index contributed by atoms with van der Waals surface area (Å²) in [5.74, 6) is 0.0897. The van der Waals surface area contributed by atoms with Gasteiger partial charge < -0.3 is 5.73 Å². The normalized spacial score (nSPS) is 17.0. The summed E-state index contributed by atoms with van der Waals surface area (Å²) in [6, 6.07) is 8.45. The number of carbonyl (C=O) groups is 1. The minimum Gasteiger partial charge on any atom is -0.330 e. The molecule has 0 spiro atoms. The highest BCUT2D eigenvalue weighted by molar-refractivity contribution is 6.13. The fraction of sp³-hybridized carbons (Fsp3) is 0.350. The van der Waals surface area contributed by atoms with Crippen molar-refractivity contribution in [3.63, 3.8) is 0 Å². The maximum Gasteiger partial charge on any atom is 0.186 e. The number of ketones is 1. The van der Waals surface area contributed by atoms with Crippen LogP contribution in [0.1, 0.15) is 43.7 Å². The molecule has 0 heterocycles. The zero-order chi connectivity index (χ0) is 15.9. The third kappa shape index (κ3) is 4.05. The molecule has 0 radical (unpaired) electrons. The van der Waals surface area contributed by atoms with Crippen LogP contribution in [0.25, 0.3) is 5.57 Å². The van der Waals surface area contributed by atoms with Crippen molar-refractivity contribution >= 4 is 11.4 Å². The number of allylic oxidation sites excluding steroid dienone is 5. The Kier molecular flexibility index (Phi) is 5.91. The summed E-state index contributed by atoms with van der Waals surface area (Å²) < 4.78 is 0. The Morgan fingerprint density at radius 1 is 1.27 bits per heavy atom. The summed E-state index contributed by atoms with van der Waals surface area (Å²) in [7, 11) is 0. The predicted molar refractivity (Wildman–Crippen MR) is 93.5 cm³/mol. The molecule has 0 bridgehead atoms. The van der Waals surface area contributed by atoms with Gasteiger partial charge in [-0.25, -0.2) is 0 Å². The van der Waals surface area contributed by atoms with E-state index in [-0.39, 0.29) is 5.78 Å². The molecule has 0 atom stereocenters. The van der Waals surface area contributed by atoms with Gasteiger partial charge in [0.1, 0.15) is 0 Å². The van der Waals surface area contributed by atoms with Crippen LogP contribution >= 0.6 is 0 Å². The van der Waals surface area contributed by atoms with Crippen LogP contribution in [0.5, 0.6) is 0 Å². The van der Waals surface area contributed by atoms with E-state index in [9.17, 15) is 4.79 Å². The first-order chi connectivity index (χ1) is 10.7. The Morgan fingerprint density at radius 2 is 2.00 bits per heavy atom. The Balaban J connectivity index is 2.16. The van der Waals surface area contributed by atoms with Crippen LogP contribution in [0.3, 0.4) is 0 Å². The second-order valence-corrected chi connectivity index (χ2v) is 5.81. The van der Waals surface area contributed by atoms with Gasteiger partial charge in [0.05, 0.1) is 0 Å². The first kappa shape index (κ1) is 16.4. The summed E-state index contributed by atoms with van der Waals surface area (Å²) in [6.45, 7) is 6.92. The highest BCUT2D eigenvalue weighted by Gasteiger charge is 2.19. The summed E-state index contributed by atoms with van der Waals surface area (Å²) in [5.41, 5.74) is 10.7. The van der Waals surface area contributed by atoms with Gasteiger partial charge in [-0.3, -0.25) is 4.79 Å². The van der Waals surface area contributed by atoms with Crippen molar-refractivity contribution in [2.45, 2.75) is 39.0 Å². The third-order valence-electron chi connectivity index (χ3n) is 3.99. The third-order valence-corrected chi connectivity index (χ3v) is 3.99. The Bertz CT molecular complexity index is 605. The summed E-state index contributed by atoms with van der Waals surface area (Å²) >= 11 is 0. The molecular weight excluding hydrogens is 270 g/mol. The van der Waals surface area contributed by atoms with Crippen molar-refractivity contribution < 1.29 is 4.79 Å². The molecule has 116 valence electrons. The van der Waals surface area contributed by atoms with Crippen molar-refractivity contribution in [2.75, 3.05) is 6.54 Å². The van der Waals surface area contributed by atoms with Gasteiger partial charge >= 0.3 is 0 Å². The Hall–Kier alpha value is -1.93. The van der Waals surface area contributed by atoms with Crippen molar-refractivity contribution in [2.24, 2.45) is 5.73 Å². The second-order valence-electron chi connectivity index (χ2n) is 5.81. The van der Waals surface area contributed by atoms with Gasteiger partial charge in [0.15, 0.2) is 5.78 Å². The number of unbranched alkanes of at least 4 members (excludes halogenated alkanes) is 1. The van der Waals surface area contributed by atoms with Crippen LogP contribution in [0.2, 0.25) is 0 Å². The minimum atomic E-state index is 0.0897. The van der Waals surface area contributed by atoms with E-state index in [4.69, 9.17) is 5.73 Å². The fourth-order valence-electron chi connectivity index (χ4n) is 2.70. The monoisotopic (exact) mass is 295 g/mol. The number of nitrogens with two attached hydrogens (primary N) is 1. The molecule has 1 aliphatic carbocycles. The molecule has 2 nitrogen and oxygen atoms in total. The topological polar surface area (TPSA) is 43.1 Å². The van der Waals surface area contributed by atoms with Crippen LogP contribution < -0.4 is 5.73 Å². The van der Waals surface area contributed by atoms with Gasteiger partial charge in [0, 0.05) is 5.57 Å². The molecule has 2 N–H and O–H groups in total. The van der Waals surface area contributed by atoms with Gasteiger partial charge in [-0.05, 0) is 60.6 Å². The zero-order valence-corrected chi connectivity index (χ0v) is 13.4. The fourth-order valence-corrected chi connectivity index (χ4v) is 2.70. The van der Waals surface area contributed by atoms with Crippen molar-refractivity contribution in [1.82, 2.24) is 0 Å². The van der Waals surface area contributed by atoms with Gasteiger partial charge in [0.2, 0.25) is 0 Å². The molecular formula is C20H25NO. The molecule has 0 aromatic heterocycles. The molecule has 1 aromatic carbocycles. The lowest BCUT2D eigenvalue weighted by Gasteiger charge is -2.18. The van der Waals surface area contributed by atoms with Gasteiger partial charge in [-0.2, -0.15) is 0 Å². The maximum absolute atomic E-state index is 12.3. The van der Waals surface area contributed by atoms with E-state index in [1.54, 1.807) is 6.08 Å². The van der Waals surface area contributed by atoms with Crippen LogP contribution in [0, 0.1) is 0 Å². The Morgan fingerprint density at radius 3 is 2.59 bits per heavy atom. The molecule has 1 aliphatic rings. The first-order valence-corrected chi connectivity index (χ1v) is 8.08. The van der Waals surface area contributed by atoms with Crippen LogP contribution in [0.15, 0.2) is 54.1 Å². The Labute approximate surface area is 133 Å². The smallest absolute Gasteiger partial charge is 0.186 e. The largest absolute Gasteiger partial charge is 0.330 e. The van der Waals surface area contributed by atoms with Crippen molar-refractivity contribution in [3.05, 3.63) is 65.3 Å². The molecule has 0 aliphatic heterocycles. The molecule has 22 heavy (non-hydrogen) atoms. The number of benzene rings is 1. The summed E-state index contributed by atoms with van der Waals surface area (Å²) in [4.78, 5) is 12.3. The van der Waals surface area contributed by atoms with Crippen LogP contribution in [-0.4, -0.2) is 12.3 Å². The highest BCUT2D eigenvalue weighted by atomic mass is 16.1. The lowest BCUT2D eigenvalue weighted by atomic mass is 9.85. The van der Waals surface area contributed by atoms with E-state index in [0.29, 0.717) is 6.54 Å². The van der Waals surface area contributed by atoms with E-state index in [0.717, 1.165) is 54.4 Å². The van der Waals surface area contributed by atoms with Gasteiger partial charge in [-0.1, -0.05) is 50.3 Å². The van der Waals surface area contributed by atoms with E-state index in [1.165, 1.54) is 5.56 Å². The molecule has 0 fully saturated rings. The van der Waals surface area contributed by atoms with E-state index >= 15 is 0 Å². The molecule has 0 amide bonds. The number of rotatable bonds is 6. The van der Waals surface area contributed by atoms with Crippen LogP contribution in [-0.2, 0) is 11.2 Å². The number of hydrogen-bond acceptors (Lipinski definition) is 2. The number of carbonyl (C=O) groups excluding carboxylic acids is 1. The minimum absolute atomic E-state index is 0.0897. The maximum atomic E-state index is 12.3. The average Bonchev–Trinajstić information content (AvgIpc) is 2.52. The standard InChI is InChI=1S/C20H25NO/c1-3-4-7-19-15(2)13-18(14-20(19)22)17-10-8-16(9-11-17)6-5-12-21/h7-11,14H,2-6,12-13,21H2,1H3/b19-7+. The summed E-state index contributed by atoms with van der Waals surface area (Å²) in [5, 5.41) is 0. The second kappa shape index (κ2) is 7.90. The lowest BCUT2D eigenvalue weighted by molar-refractivity contribution is -0.111. The van der Waals surface area contributed by atoms with Crippen molar-refractivity contribution in [3.8, 4) is 0 Å². The van der Waals surface area contributed by atoms with Gasteiger partial charge in [0.25, 0.3) is 0 Å². The van der Waals surface area contributed by atoms with Crippen LogP contribution in [0.4, 0.5) is 0 Å². The lowest BCUT2D eigenvalue weighted by Crippen LogP contribution is -2.09. The zero-order valence-electron chi connectivity index (χ0n) is 13.4. The molecule has 0 unspecified atom stereocenters. The quantitative estimate of drug-likeness (QED) is 0.799. The van der Waals surface area contributed by atoms with Crippen molar-refractivity contribution in [1.29, 1.82) is 0 Å². The highest BCUT2D eigenvalue weighted by Crippen LogP contribution is 2.31.